The third-order valence-electron chi connectivity index (χ3n) is 2.05. The van der Waals surface area contributed by atoms with Crippen LogP contribution in [0.2, 0.25) is 5.02 Å². The van der Waals surface area contributed by atoms with E-state index < -0.39 is 5.82 Å². The number of benzene rings is 1. The molecule has 0 saturated heterocycles. The summed E-state index contributed by atoms with van der Waals surface area (Å²) in [6.07, 6.45) is 2.38. The highest BCUT2D eigenvalue weighted by Gasteiger charge is 2.10. The lowest BCUT2D eigenvalue weighted by atomic mass is 10.1. The predicted octanol–water partition coefficient (Wildman–Crippen LogP) is 3.11. The maximum absolute atomic E-state index is 12.9. The molecule has 2 rings (SSSR count). The van der Waals surface area contributed by atoms with Crippen molar-refractivity contribution >= 4 is 17.4 Å². The average Bonchev–Trinajstić information content (AvgIpc) is 2.28. The van der Waals surface area contributed by atoms with Gasteiger partial charge in [0.05, 0.1) is 6.20 Å². The molecule has 0 bridgehead atoms. The summed E-state index contributed by atoms with van der Waals surface area (Å²) in [5, 5.41) is 0.468. The van der Waals surface area contributed by atoms with Crippen molar-refractivity contribution in [3.63, 3.8) is 0 Å². The third kappa shape index (κ3) is 2.25. The predicted molar refractivity (Wildman–Crippen MR) is 59.1 cm³/mol. The van der Waals surface area contributed by atoms with Crippen LogP contribution in [0, 0.1) is 5.82 Å². The number of hydrogen-bond acceptors (Lipinski definition) is 2. The van der Waals surface area contributed by atoms with Crippen molar-refractivity contribution in [3.8, 4) is 0 Å². The number of pyridine rings is 1. The SMILES string of the molecule is O=C(c1cncc(F)c1)c1cccc(Cl)c1. The maximum atomic E-state index is 12.9. The largest absolute Gasteiger partial charge is 0.289 e. The van der Waals surface area contributed by atoms with Gasteiger partial charge in [-0.05, 0) is 18.2 Å². The lowest BCUT2D eigenvalue weighted by Gasteiger charge is -2.01. The van der Waals surface area contributed by atoms with Crippen LogP contribution in [0.25, 0.3) is 0 Å². The van der Waals surface area contributed by atoms with Crippen molar-refractivity contribution < 1.29 is 9.18 Å². The van der Waals surface area contributed by atoms with Gasteiger partial charge < -0.3 is 0 Å². The highest BCUT2D eigenvalue weighted by atomic mass is 35.5. The van der Waals surface area contributed by atoms with Gasteiger partial charge in [-0.2, -0.15) is 0 Å². The zero-order valence-electron chi connectivity index (χ0n) is 8.15. The van der Waals surface area contributed by atoms with Crippen molar-refractivity contribution in [1.82, 2.24) is 4.98 Å². The minimum Gasteiger partial charge on any atom is -0.289 e. The fourth-order valence-corrected chi connectivity index (χ4v) is 1.52. The Morgan fingerprint density at radius 3 is 2.69 bits per heavy atom. The summed E-state index contributed by atoms with van der Waals surface area (Å²) in [6, 6.07) is 7.65. The molecule has 0 N–H and O–H groups in total. The molecule has 0 unspecified atom stereocenters. The molecule has 0 spiro atoms. The van der Waals surface area contributed by atoms with Crippen LogP contribution in [0.15, 0.2) is 42.7 Å². The van der Waals surface area contributed by atoms with Crippen LogP contribution in [0.1, 0.15) is 15.9 Å². The Morgan fingerprint density at radius 2 is 2.00 bits per heavy atom. The van der Waals surface area contributed by atoms with Gasteiger partial charge in [0, 0.05) is 22.3 Å². The second kappa shape index (κ2) is 4.41. The van der Waals surface area contributed by atoms with Crippen LogP contribution in [-0.4, -0.2) is 10.8 Å². The molecule has 0 amide bonds. The van der Waals surface area contributed by atoms with Gasteiger partial charge in [0.1, 0.15) is 5.82 Å². The van der Waals surface area contributed by atoms with Gasteiger partial charge in [0.25, 0.3) is 0 Å². The molecule has 2 nitrogen and oxygen atoms in total. The molecular weight excluding hydrogens is 229 g/mol. The van der Waals surface area contributed by atoms with Gasteiger partial charge in [-0.15, -0.1) is 0 Å². The van der Waals surface area contributed by atoms with Gasteiger partial charge >= 0.3 is 0 Å². The first kappa shape index (κ1) is 10.8. The van der Waals surface area contributed by atoms with E-state index in [1.165, 1.54) is 12.3 Å². The number of carbonyl (C=O) groups is 1. The molecule has 0 fully saturated rings. The summed E-state index contributed by atoms with van der Waals surface area (Å²) in [7, 11) is 0. The lowest BCUT2D eigenvalue weighted by molar-refractivity contribution is 0.103. The Balaban J connectivity index is 2.39. The first-order chi connectivity index (χ1) is 7.66. The van der Waals surface area contributed by atoms with Crippen LogP contribution in [0.3, 0.4) is 0 Å². The van der Waals surface area contributed by atoms with E-state index in [0.717, 1.165) is 12.3 Å². The molecule has 80 valence electrons. The summed E-state index contributed by atoms with van der Waals surface area (Å²) in [4.78, 5) is 15.5. The number of halogens is 2. The van der Waals surface area contributed by atoms with Crippen molar-refractivity contribution in [2.24, 2.45) is 0 Å². The first-order valence-corrected chi connectivity index (χ1v) is 4.95. The van der Waals surface area contributed by atoms with E-state index in [4.69, 9.17) is 11.6 Å². The van der Waals surface area contributed by atoms with E-state index in [1.54, 1.807) is 18.2 Å². The zero-order chi connectivity index (χ0) is 11.5. The fourth-order valence-electron chi connectivity index (χ4n) is 1.33. The summed E-state index contributed by atoms with van der Waals surface area (Å²) >= 11 is 5.77. The van der Waals surface area contributed by atoms with Crippen LogP contribution in [-0.2, 0) is 0 Å². The van der Waals surface area contributed by atoms with Crippen molar-refractivity contribution in [1.29, 1.82) is 0 Å². The zero-order valence-corrected chi connectivity index (χ0v) is 8.91. The molecule has 0 atom stereocenters. The minimum absolute atomic E-state index is 0.210. The van der Waals surface area contributed by atoms with E-state index in [-0.39, 0.29) is 11.3 Å². The van der Waals surface area contributed by atoms with Crippen molar-refractivity contribution in [2.75, 3.05) is 0 Å². The number of ketones is 1. The highest BCUT2D eigenvalue weighted by molar-refractivity contribution is 6.31. The molecule has 4 heteroatoms. The maximum Gasteiger partial charge on any atom is 0.194 e. The molecule has 0 aliphatic heterocycles. The van der Waals surface area contributed by atoms with E-state index in [9.17, 15) is 9.18 Å². The van der Waals surface area contributed by atoms with Gasteiger partial charge in [-0.1, -0.05) is 23.7 Å². The number of aromatic nitrogens is 1. The second-order valence-electron chi connectivity index (χ2n) is 3.23. The van der Waals surface area contributed by atoms with Gasteiger partial charge in [-0.3, -0.25) is 9.78 Å². The third-order valence-corrected chi connectivity index (χ3v) is 2.29. The molecule has 0 aliphatic carbocycles. The van der Waals surface area contributed by atoms with Crippen molar-refractivity contribution in [3.05, 3.63) is 64.7 Å². The number of hydrogen-bond donors (Lipinski definition) is 0. The standard InChI is InChI=1S/C12H7ClFNO/c13-10-3-1-2-8(4-10)12(16)9-5-11(14)7-15-6-9/h1-7H. The molecule has 0 radical (unpaired) electrons. The van der Waals surface area contributed by atoms with Crippen LogP contribution in [0.4, 0.5) is 4.39 Å². The fraction of sp³-hybridized carbons (Fsp3) is 0. The van der Waals surface area contributed by atoms with Crippen LogP contribution >= 0.6 is 11.6 Å². The summed E-state index contributed by atoms with van der Waals surface area (Å²) in [5.41, 5.74) is 0.627. The topological polar surface area (TPSA) is 30.0 Å². The van der Waals surface area contributed by atoms with E-state index >= 15 is 0 Å². The molecule has 0 saturated carbocycles. The number of rotatable bonds is 2. The first-order valence-electron chi connectivity index (χ1n) is 4.57. The number of carbonyl (C=O) groups excluding carboxylic acids is 1. The molecular formula is C12H7ClFNO. The Labute approximate surface area is 96.7 Å². The van der Waals surface area contributed by atoms with E-state index in [2.05, 4.69) is 4.98 Å². The van der Waals surface area contributed by atoms with Crippen LogP contribution in [0.5, 0.6) is 0 Å². The number of nitrogens with zero attached hydrogens (tertiary/aromatic N) is 1. The normalized spacial score (nSPS) is 10.1. The van der Waals surface area contributed by atoms with Gasteiger partial charge in [0.15, 0.2) is 5.78 Å². The molecule has 16 heavy (non-hydrogen) atoms. The quantitative estimate of drug-likeness (QED) is 0.749. The Bertz CT molecular complexity index is 495. The highest BCUT2D eigenvalue weighted by Crippen LogP contribution is 2.14. The smallest absolute Gasteiger partial charge is 0.194 e. The average molecular weight is 236 g/mol. The van der Waals surface area contributed by atoms with E-state index in [1.807, 2.05) is 0 Å². The summed E-state index contributed by atoms with van der Waals surface area (Å²) in [6.45, 7) is 0. The monoisotopic (exact) mass is 235 g/mol. The second-order valence-corrected chi connectivity index (χ2v) is 3.67. The molecule has 2 aromatic rings. The summed E-state index contributed by atoms with van der Waals surface area (Å²) < 4.78 is 12.9. The molecule has 1 aromatic carbocycles. The van der Waals surface area contributed by atoms with Gasteiger partial charge in [0.2, 0.25) is 0 Å². The van der Waals surface area contributed by atoms with Crippen molar-refractivity contribution in [2.45, 2.75) is 0 Å². The van der Waals surface area contributed by atoms with E-state index in [0.29, 0.717) is 10.6 Å². The Morgan fingerprint density at radius 1 is 1.19 bits per heavy atom. The Kier molecular flexibility index (Phi) is 2.97. The molecule has 1 aromatic heterocycles. The molecule has 0 aliphatic rings. The lowest BCUT2D eigenvalue weighted by Crippen LogP contribution is -2.02. The van der Waals surface area contributed by atoms with Gasteiger partial charge in [-0.25, -0.2) is 4.39 Å². The Hall–Kier alpha value is -1.74. The summed E-state index contributed by atoms with van der Waals surface area (Å²) in [5.74, 6) is -0.831. The minimum atomic E-state index is -0.534. The van der Waals surface area contributed by atoms with Crippen LogP contribution < -0.4 is 0 Å². The molecule has 1 heterocycles.